The Morgan fingerprint density at radius 3 is 2.65 bits per heavy atom. The zero-order valence-corrected chi connectivity index (χ0v) is 22.2. The molecule has 2 N–H and O–H groups in total. The molecule has 0 saturated heterocycles. The number of amides is 1. The van der Waals surface area contributed by atoms with Crippen molar-refractivity contribution in [1.29, 1.82) is 0 Å². The van der Waals surface area contributed by atoms with Crippen molar-refractivity contribution in [1.82, 2.24) is 10.3 Å². The average Bonchev–Trinajstić information content (AvgIpc) is 3.35. The van der Waals surface area contributed by atoms with E-state index in [0.29, 0.717) is 30.2 Å². The molecule has 1 aliphatic carbocycles. The summed E-state index contributed by atoms with van der Waals surface area (Å²) < 4.78 is 41.0. The van der Waals surface area contributed by atoms with E-state index in [-0.39, 0.29) is 29.1 Å². The highest BCUT2D eigenvalue weighted by atomic mass is 35.5. The molecular weight excluding hydrogens is 537 g/mol. The van der Waals surface area contributed by atoms with Crippen molar-refractivity contribution < 1.29 is 18.0 Å². The Hall–Kier alpha value is -4.04. The maximum absolute atomic E-state index is 13.7. The van der Waals surface area contributed by atoms with Crippen molar-refractivity contribution in [2.24, 2.45) is 0 Å². The molecule has 204 valence electrons. The van der Waals surface area contributed by atoms with Crippen LogP contribution in [-0.2, 0) is 19.1 Å². The number of hydrogen-bond donors (Lipinski definition) is 2. The van der Waals surface area contributed by atoms with E-state index in [4.69, 9.17) is 11.6 Å². The standard InChI is InChI=1S/C31H26ClF3N4O/c32-24-10-11-26(31(33,34)35)23(15-24)18-39-14-13-36-29-28(39)16-22(17-37-29)19-5-7-21(8-6-19)30(40)38-27-12-9-20-3-1-2-4-25(20)27/h1-8,10-11,15-17,27H,9,12-14,18H2,(H,36,37)(H,38,40). The lowest BCUT2D eigenvalue weighted by Gasteiger charge is -2.32. The maximum Gasteiger partial charge on any atom is 0.416 e. The van der Waals surface area contributed by atoms with Gasteiger partial charge in [-0.1, -0.05) is 48.0 Å². The molecule has 0 fully saturated rings. The number of pyridine rings is 1. The van der Waals surface area contributed by atoms with Crippen LogP contribution in [0.4, 0.5) is 24.7 Å². The number of anilines is 2. The summed E-state index contributed by atoms with van der Waals surface area (Å²) in [6.45, 7) is 1.10. The first-order valence-electron chi connectivity index (χ1n) is 13.1. The van der Waals surface area contributed by atoms with Crippen LogP contribution < -0.4 is 15.5 Å². The summed E-state index contributed by atoms with van der Waals surface area (Å²) in [5, 5.41) is 6.62. The highest BCUT2D eigenvalue weighted by molar-refractivity contribution is 6.30. The number of aromatic nitrogens is 1. The van der Waals surface area contributed by atoms with Crippen molar-refractivity contribution in [3.8, 4) is 11.1 Å². The quantitative estimate of drug-likeness (QED) is 0.269. The van der Waals surface area contributed by atoms with Gasteiger partial charge in [-0.2, -0.15) is 13.2 Å². The molecule has 3 aromatic carbocycles. The Labute approximate surface area is 235 Å². The molecule has 5 nitrogen and oxygen atoms in total. The molecule has 1 aromatic heterocycles. The monoisotopic (exact) mass is 562 g/mol. The highest BCUT2D eigenvalue weighted by Gasteiger charge is 2.34. The zero-order chi connectivity index (χ0) is 27.9. The van der Waals surface area contributed by atoms with Crippen LogP contribution in [0.2, 0.25) is 5.02 Å². The van der Waals surface area contributed by atoms with Gasteiger partial charge in [0, 0.05) is 42.0 Å². The molecule has 40 heavy (non-hydrogen) atoms. The minimum Gasteiger partial charge on any atom is -0.367 e. The van der Waals surface area contributed by atoms with Crippen LogP contribution in [0.1, 0.15) is 45.1 Å². The van der Waals surface area contributed by atoms with Crippen LogP contribution in [0.25, 0.3) is 11.1 Å². The second-order valence-electron chi connectivity index (χ2n) is 10.1. The van der Waals surface area contributed by atoms with E-state index in [1.54, 1.807) is 18.3 Å². The Morgan fingerprint density at radius 2 is 1.85 bits per heavy atom. The maximum atomic E-state index is 13.7. The first-order valence-corrected chi connectivity index (χ1v) is 13.5. The number of halogens is 4. The van der Waals surface area contributed by atoms with Gasteiger partial charge in [-0.3, -0.25) is 4.79 Å². The largest absolute Gasteiger partial charge is 0.416 e. The molecular formula is C31H26ClF3N4O. The summed E-state index contributed by atoms with van der Waals surface area (Å²) in [6.07, 6.45) is -0.924. The van der Waals surface area contributed by atoms with Crippen LogP contribution >= 0.6 is 11.6 Å². The van der Waals surface area contributed by atoms with Gasteiger partial charge in [-0.05, 0) is 71.5 Å². The molecule has 2 aliphatic rings. The normalized spacial score (nSPS) is 16.2. The highest BCUT2D eigenvalue weighted by Crippen LogP contribution is 2.37. The smallest absolute Gasteiger partial charge is 0.367 e. The molecule has 2 heterocycles. The van der Waals surface area contributed by atoms with Gasteiger partial charge in [-0.15, -0.1) is 0 Å². The van der Waals surface area contributed by atoms with Gasteiger partial charge in [-0.25, -0.2) is 4.98 Å². The topological polar surface area (TPSA) is 57.3 Å². The van der Waals surface area contributed by atoms with Gasteiger partial charge >= 0.3 is 6.18 Å². The minimum absolute atomic E-state index is 0.00376. The summed E-state index contributed by atoms with van der Waals surface area (Å²) in [5.74, 6) is 0.479. The Morgan fingerprint density at radius 1 is 1.05 bits per heavy atom. The molecule has 9 heteroatoms. The summed E-state index contributed by atoms with van der Waals surface area (Å²) >= 11 is 6.06. The summed E-state index contributed by atoms with van der Waals surface area (Å²) in [4.78, 5) is 19.4. The fourth-order valence-electron chi connectivity index (χ4n) is 5.52. The van der Waals surface area contributed by atoms with Crippen LogP contribution in [0.5, 0.6) is 0 Å². The number of fused-ring (bicyclic) bond motifs is 2. The SMILES string of the molecule is O=C(NC1CCc2ccccc21)c1ccc(-c2cnc3c(c2)N(Cc2cc(Cl)ccc2C(F)(F)F)CCN3)cc1. The van der Waals surface area contributed by atoms with E-state index in [1.165, 1.54) is 23.3 Å². The third kappa shape index (κ3) is 5.23. The summed E-state index contributed by atoms with van der Waals surface area (Å²) in [7, 11) is 0. The number of aryl methyl sites for hydroxylation is 1. The molecule has 1 aliphatic heterocycles. The molecule has 0 bridgehead atoms. The minimum atomic E-state index is -4.48. The molecule has 0 radical (unpaired) electrons. The lowest BCUT2D eigenvalue weighted by Crippen LogP contribution is -2.34. The predicted molar refractivity (Wildman–Crippen MR) is 151 cm³/mol. The fourth-order valence-corrected chi connectivity index (χ4v) is 5.71. The first-order chi connectivity index (χ1) is 19.3. The molecule has 0 spiro atoms. The van der Waals surface area contributed by atoms with E-state index >= 15 is 0 Å². The first kappa shape index (κ1) is 26.2. The third-order valence-electron chi connectivity index (χ3n) is 7.53. The van der Waals surface area contributed by atoms with Crippen molar-refractivity contribution in [2.75, 3.05) is 23.3 Å². The Balaban J connectivity index is 1.22. The van der Waals surface area contributed by atoms with Gasteiger partial charge in [0.2, 0.25) is 0 Å². The van der Waals surface area contributed by atoms with Gasteiger partial charge in [0.25, 0.3) is 5.91 Å². The van der Waals surface area contributed by atoms with Crippen LogP contribution in [0.3, 0.4) is 0 Å². The number of rotatable bonds is 5. The number of nitrogens with zero attached hydrogens (tertiary/aromatic N) is 2. The van der Waals surface area contributed by atoms with Crippen molar-refractivity contribution in [2.45, 2.75) is 31.6 Å². The van der Waals surface area contributed by atoms with E-state index < -0.39 is 11.7 Å². The van der Waals surface area contributed by atoms with Crippen LogP contribution in [0.15, 0.2) is 79.0 Å². The van der Waals surface area contributed by atoms with E-state index in [9.17, 15) is 18.0 Å². The van der Waals surface area contributed by atoms with Gasteiger partial charge in [0.05, 0.1) is 17.3 Å². The second-order valence-corrected chi connectivity index (χ2v) is 10.5. The third-order valence-corrected chi connectivity index (χ3v) is 7.77. The Bertz CT molecular complexity index is 1570. The summed E-state index contributed by atoms with van der Waals surface area (Å²) in [6, 6.07) is 21.0. The number of nitrogens with one attached hydrogen (secondary N) is 2. The van der Waals surface area contributed by atoms with Crippen LogP contribution in [0, 0.1) is 0 Å². The summed E-state index contributed by atoms with van der Waals surface area (Å²) in [5.41, 5.74) is 4.77. The van der Waals surface area contributed by atoms with Crippen molar-refractivity contribution in [3.63, 3.8) is 0 Å². The molecule has 6 rings (SSSR count). The fraction of sp³-hybridized carbons (Fsp3) is 0.226. The number of carbonyl (C=O) groups is 1. The number of carbonyl (C=O) groups excluding carboxylic acids is 1. The van der Waals surface area contributed by atoms with Gasteiger partial charge in [0.1, 0.15) is 5.82 Å². The molecule has 1 amide bonds. The molecule has 0 saturated carbocycles. The lowest BCUT2D eigenvalue weighted by molar-refractivity contribution is -0.138. The molecule has 4 aromatic rings. The van der Waals surface area contributed by atoms with Crippen molar-refractivity contribution >= 4 is 29.0 Å². The van der Waals surface area contributed by atoms with Gasteiger partial charge < -0.3 is 15.5 Å². The Kier molecular flexibility index (Phi) is 6.88. The number of benzene rings is 3. The van der Waals surface area contributed by atoms with E-state index in [2.05, 4.69) is 27.8 Å². The second kappa shape index (κ2) is 10.5. The van der Waals surface area contributed by atoms with Crippen molar-refractivity contribution in [3.05, 3.63) is 112 Å². The predicted octanol–water partition coefficient (Wildman–Crippen LogP) is 7.27. The van der Waals surface area contributed by atoms with Gasteiger partial charge in [0.15, 0.2) is 0 Å². The van der Waals surface area contributed by atoms with Crippen LogP contribution in [-0.4, -0.2) is 24.0 Å². The number of hydrogen-bond acceptors (Lipinski definition) is 4. The zero-order valence-electron chi connectivity index (χ0n) is 21.4. The molecule has 1 unspecified atom stereocenters. The molecule has 1 atom stereocenters. The van der Waals surface area contributed by atoms with E-state index in [0.717, 1.165) is 30.0 Å². The average molecular weight is 563 g/mol. The number of alkyl halides is 3. The van der Waals surface area contributed by atoms with E-state index in [1.807, 2.05) is 35.2 Å². The lowest BCUT2D eigenvalue weighted by atomic mass is 10.0.